The summed E-state index contributed by atoms with van der Waals surface area (Å²) in [4.78, 5) is 25.5. The minimum atomic E-state index is -0.197. The van der Waals surface area contributed by atoms with Crippen LogP contribution in [0.3, 0.4) is 0 Å². The van der Waals surface area contributed by atoms with E-state index in [1.807, 2.05) is 16.8 Å². The molecule has 138 valence electrons. The van der Waals surface area contributed by atoms with Crippen LogP contribution in [0.1, 0.15) is 41.7 Å². The van der Waals surface area contributed by atoms with E-state index in [1.165, 1.54) is 12.8 Å². The summed E-state index contributed by atoms with van der Waals surface area (Å²) >= 11 is 1.60. The van der Waals surface area contributed by atoms with Crippen LogP contribution >= 0.6 is 11.3 Å². The molecule has 1 N–H and O–H groups in total. The Morgan fingerprint density at radius 1 is 1.15 bits per heavy atom. The lowest BCUT2D eigenvalue weighted by molar-refractivity contribution is 0.0950. The van der Waals surface area contributed by atoms with Gasteiger partial charge in [0.15, 0.2) is 0 Å². The highest BCUT2D eigenvalue weighted by Gasteiger charge is 2.17. The monoisotopic (exact) mass is 380 g/mol. The number of nitrogens with zero attached hydrogens (tertiary/aromatic N) is 3. The van der Waals surface area contributed by atoms with E-state index in [0.717, 1.165) is 29.8 Å². The van der Waals surface area contributed by atoms with Crippen LogP contribution in [0.25, 0.3) is 11.3 Å². The second-order valence-electron chi connectivity index (χ2n) is 6.46. The van der Waals surface area contributed by atoms with Gasteiger partial charge in [0, 0.05) is 35.6 Å². The first-order chi connectivity index (χ1) is 13.3. The predicted octanol–water partition coefficient (Wildman–Crippen LogP) is 3.85. The lowest BCUT2D eigenvalue weighted by Gasteiger charge is -2.12. The second-order valence-corrected chi connectivity index (χ2v) is 7.24. The van der Waals surface area contributed by atoms with E-state index in [2.05, 4.69) is 20.3 Å². The van der Waals surface area contributed by atoms with Crippen LogP contribution in [-0.4, -0.2) is 27.0 Å². The minimum absolute atomic E-state index is 0.197. The fourth-order valence-electron chi connectivity index (χ4n) is 3.16. The van der Waals surface area contributed by atoms with E-state index < -0.39 is 0 Å². The average molecular weight is 380 g/mol. The molecule has 27 heavy (non-hydrogen) atoms. The summed E-state index contributed by atoms with van der Waals surface area (Å²) in [7, 11) is 0. The molecule has 3 heterocycles. The zero-order valence-electron chi connectivity index (χ0n) is 14.8. The van der Waals surface area contributed by atoms with Crippen molar-refractivity contribution in [3.05, 3.63) is 58.8 Å². The molecule has 3 aromatic rings. The van der Waals surface area contributed by atoms with Crippen LogP contribution in [0, 0.1) is 0 Å². The van der Waals surface area contributed by atoms with Crippen molar-refractivity contribution in [3.63, 3.8) is 0 Å². The van der Waals surface area contributed by atoms with Crippen LogP contribution in [-0.2, 0) is 6.54 Å². The summed E-state index contributed by atoms with van der Waals surface area (Å²) in [6, 6.07) is 5.49. The average Bonchev–Trinajstić information content (AvgIpc) is 3.41. The molecule has 3 aromatic heterocycles. The van der Waals surface area contributed by atoms with Crippen LogP contribution in [0.15, 0.2) is 47.5 Å². The van der Waals surface area contributed by atoms with Gasteiger partial charge in [0.05, 0.1) is 23.5 Å². The van der Waals surface area contributed by atoms with E-state index in [4.69, 9.17) is 4.74 Å². The number of carbonyl (C=O) groups excluding carboxylic acids is 1. The van der Waals surface area contributed by atoms with E-state index in [1.54, 1.807) is 42.1 Å². The van der Waals surface area contributed by atoms with Crippen molar-refractivity contribution in [1.82, 2.24) is 20.3 Å². The number of pyridine rings is 1. The van der Waals surface area contributed by atoms with Crippen LogP contribution < -0.4 is 10.1 Å². The summed E-state index contributed by atoms with van der Waals surface area (Å²) in [5, 5.41) is 6.90. The van der Waals surface area contributed by atoms with Gasteiger partial charge in [-0.3, -0.25) is 14.8 Å². The normalized spacial score (nSPS) is 14.2. The number of carbonyl (C=O) groups is 1. The fourth-order valence-corrected chi connectivity index (χ4v) is 3.80. The van der Waals surface area contributed by atoms with Crippen LogP contribution in [0.2, 0.25) is 0 Å². The van der Waals surface area contributed by atoms with Crippen molar-refractivity contribution in [1.29, 1.82) is 0 Å². The Labute approximate surface area is 161 Å². The Morgan fingerprint density at radius 3 is 2.74 bits per heavy atom. The molecule has 0 bridgehead atoms. The Morgan fingerprint density at radius 2 is 2.00 bits per heavy atom. The first kappa shape index (κ1) is 17.6. The van der Waals surface area contributed by atoms with Crippen molar-refractivity contribution in [2.45, 2.75) is 38.3 Å². The van der Waals surface area contributed by atoms with Crippen molar-refractivity contribution >= 4 is 17.2 Å². The highest BCUT2D eigenvalue weighted by atomic mass is 32.1. The molecule has 0 aromatic carbocycles. The van der Waals surface area contributed by atoms with E-state index in [0.29, 0.717) is 18.0 Å². The number of hydrogen-bond donors (Lipinski definition) is 1. The summed E-state index contributed by atoms with van der Waals surface area (Å²) in [6.07, 6.45) is 9.67. The third-order valence-corrected chi connectivity index (χ3v) is 5.26. The molecule has 0 atom stereocenters. The molecule has 4 rings (SSSR count). The number of ether oxygens (including phenoxy) is 1. The largest absolute Gasteiger partial charge is 0.474 e. The number of aromatic nitrogens is 3. The van der Waals surface area contributed by atoms with Gasteiger partial charge in [-0.2, -0.15) is 11.3 Å². The maximum atomic E-state index is 12.4. The highest BCUT2D eigenvalue weighted by molar-refractivity contribution is 7.08. The number of hydrogen-bond acceptors (Lipinski definition) is 6. The number of nitrogens with one attached hydrogen (secondary N) is 1. The van der Waals surface area contributed by atoms with Gasteiger partial charge in [0.1, 0.15) is 6.10 Å². The summed E-state index contributed by atoms with van der Waals surface area (Å²) in [5.41, 5.74) is 3.03. The Hall–Kier alpha value is -2.80. The molecule has 1 aliphatic rings. The number of thiophene rings is 1. The topological polar surface area (TPSA) is 77.0 Å². The van der Waals surface area contributed by atoms with Gasteiger partial charge in [-0.15, -0.1) is 0 Å². The molecule has 0 aliphatic heterocycles. The third-order valence-electron chi connectivity index (χ3n) is 4.57. The predicted molar refractivity (Wildman–Crippen MR) is 104 cm³/mol. The van der Waals surface area contributed by atoms with Gasteiger partial charge in [-0.1, -0.05) is 0 Å². The molecule has 0 unspecified atom stereocenters. The molecule has 0 spiro atoms. The van der Waals surface area contributed by atoms with Crippen molar-refractivity contribution in [2.24, 2.45) is 0 Å². The van der Waals surface area contributed by atoms with Gasteiger partial charge >= 0.3 is 0 Å². The van der Waals surface area contributed by atoms with Gasteiger partial charge in [-0.05, 0) is 43.2 Å². The summed E-state index contributed by atoms with van der Waals surface area (Å²) in [6.45, 7) is 0.304. The number of amides is 1. The molecule has 1 amide bonds. The number of rotatable bonds is 6. The molecule has 1 aliphatic carbocycles. The summed E-state index contributed by atoms with van der Waals surface area (Å²) in [5.74, 6) is 0.379. The first-order valence-corrected chi connectivity index (χ1v) is 9.97. The molecule has 7 heteroatoms. The molecular weight excluding hydrogens is 360 g/mol. The van der Waals surface area contributed by atoms with Crippen LogP contribution in [0.5, 0.6) is 5.88 Å². The fraction of sp³-hybridized carbons (Fsp3) is 0.300. The minimum Gasteiger partial charge on any atom is -0.474 e. The molecule has 0 saturated heterocycles. The zero-order valence-corrected chi connectivity index (χ0v) is 15.6. The van der Waals surface area contributed by atoms with Crippen molar-refractivity contribution in [2.75, 3.05) is 0 Å². The lowest BCUT2D eigenvalue weighted by Crippen LogP contribution is -2.24. The molecule has 1 saturated carbocycles. The van der Waals surface area contributed by atoms with Gasteiger partial charge in [0.2, 0.25) is 5.88 Å². The molecule has 0 radical (unpaired) electrons. The first-order valence-electron chi connectivity index (χ1n) is 9.03. The van der Waals surface area contributed by atoms with Crippen LogP contribution in [0.4, 0.5) is 0 Å². The summed E-state index contributed by atoms with van der Waals surface area (Å²) < 4.78 is 5.84. The van der Waals surface area contributed by atoms with Gasteiger partial charge < -0.3 is 10.1 Å². The van der Waals surface area contributed by atoms with Crippen molar-refractivity contribution < 1.29 is 9.53 Å². The van der Waals surface area contributed by atoms with E-state index >= 15 is 0 Å². The SMILES string of the molecule is O=C(NCc1nccnc1-c1ccsc1)c1ccc(OC2CCCC2)nc1. The maximum Gasteiger partial charge on any atom is 0.253 e. The van der Waals surface area contributed by atoms with E-state index in [-0.39, 0.29) is 12.0 Å². The maximum absolute atomic E-state index is 12.4. The van der Waals surface area contributed by atoms with E-state index in [9.17, 15) is 4.79 Å². The highest BCUT2D eigenvalue weighted by Crippen LogP contribution is 2.23. The van der Waals surface area contributed by atoms with Crippen molar-refractivity contribution in [3.8, 4) is 17.1 Å². The Bertz CT molecular complexity index is 891. The Balaban J connectivity index is 1.38. The molecule has 1 fully saturated rings. The zero-order chi connectivity index (χ0) is 18.5. The third kappa shape index (κ3) is 4.31. The molecule has 6 nitrogen and oxygen atoms in total. The smallest absolute Gasteiger partial charge is 0.253 e. The lowest BCUT2D eigenvalue weighted by atomic mass is 10.2. The molecular formula is C20H20N4O2S. The quantitative estimate of drug-likeness (QED) is 0.703. The second kappa shape index (κ2) is 8.26. The Kier molecular flexibility index (Phi) is 5.39. The standard InChI is InChI=1S/C20H20N4O2S/c25-20(14-5-6-18(23-11-14)26-16-3-1-2-4-16)24-12-17-19(22-9-8-21-17)15-7-10-27-13-15/h5-11,13,16H,1-4,12H2,(H,24,25). The van der Waals surface area contributed by atoms with Gasteiger partial charge in [0.25, 0.3) is 5.91 Å². The van der Waals surface area contributed by atoms with Gasteiger partial charge in [-0.25, -0.2) is 4.98 Å².